The summed E-state index contributed by atoms with van der Waals surface area (Å²) in [7, 11) is -1.83. The van der Waals surface area contributed by atoms with Gasteiger partial charge in [0.15, 0.2) is 0 Å². The van der Waals surface area contributed by atoms with E-state index >= 15 is 0 Å². The molecule has 0 amide bonds. The molecule has 0 aliphatic carbocycles. The summed E-state index contributed by atoms with van der Waals surface area (Å²) in [6.45, 7) is 2.44. The predicted octanol–water partition coefficient (Wildman–Crippen LogP) is 2.51. The highest BCUT2D eigenvalue weighted by Gasteiger charge is 2.29. The van der Waals surface area contributed by atoms with Crippen molar-refractivity contribution in [3.05, 3.63) is 84.9 Å². The molecule has 0 fully saturated rings. The van der Waals surface area contributed by atoms with Crippen LogP contribution < -0.4 is 15.6 Å². The molecule has 3 rings (SSSR count). The molecule has 0 aliphatic rings. The van der Waals surface area contributed by atoms with Crippen molar-refractivity contribution in [2.45, 2.75) is 6.55 Å². The molecular formula is C18H17Si-. The van der Waals surface area contributed by atoms with Crippen LogP contribution in [-0.2, 0) is 0 Å². The van der Waals surface area contributed by atoms with Gasteiger partial charge in [-0.25, -0.2) is 12.1 Å². The van der Waals surface area contributed by atoms with Gasteiger partial charge in [-0.15, -0.1) is 0 Å². The van der Waals surface area contributed by atoms with E-state index in [2.05, 4.69) is 91.5 Å². The van der Waals surface area contributed by atoms with Crippen LogP contribution in [0.1, 0.15) is 0 Å². The minimum atomic E-state index is -1.83. The van der Waals surface area contributed by atoms with Gasteiger partial charge in [0, 0.05) is 0 Å². The molecule has 3 aromatic carbocycles. The van der Waals surface area contributed by atoms with Crippen LogP contribution in [0.25, 0.3) is 0 Å². The Bertz CT molecular complexity index is 584. The third-order valence-electron chi connectivity index (χ3n) is 3.94. The first kappa shape index (κ1) is 12.1. The van der Waals surface area contributed by atoms with E-state index in [-0.39, 0.29) is 0 Å². The lowest BCUT2D eigenvalue weighted by Crippen LogP contribution is -2.64. The highest BCUT2D eigenvalue weighted by Crippen LogP contribution is 2.07. The molecule has 0 radical (unpaired) electrons. The van der Waals surface area contributed by atoms with Crippen molar-refractivity contribution >= 4 is 23.6 Å². The van der Waals surface area contributed by atoms with E-state index in [1.807, 2.05) is 0 Å². The van der Waals surface area contributed by atoms with E-state index in [1.165, 1.54) is 15.6 Å². The molecule has 0 saturated carbocycles. The van der Waals surface area contributed by atoms with Gasteiger partial charge in [-0.3, -0.25) is 0 Å². The van der Waals surface area contributed by atoms with Crippen molar-refractivity contribution in [1.29, 1.82) is 0 Å². The zero-order valence-corrected chi connectivity index (χ0v) is 12.1. The van der Waals surface area contributed by atoms with Crippen LogP contribution in [0.2, 0.25) is 6.55 Å². The smallest absolute Gasteiger partial charge is 0.0886 e. The topological polar surface area (TPSA) is 0 Å². The van der Waals surface area contributed by atoms with E-state index < -0.39 is 8.07 Å². The molecule has 3 aromatic rings. The molecule has 0 spiro atoms. The van der Waals surface area contributed by atoms with Crippen molar-refractivity contribution in [1.82, 2.24) is 0 Å². The Hall–Kier alpha value is -1.99. The van der Waals surface area contributed by atoms with Crippen molar-refractivity contribution in [2.24, 2.45) is 0 Å². The van der Waals surface area contributed by atoms with Crippen LogP contribution in [0.3, 0.4) is 0 Å². The van der Waals surface area contributed by atoms with Crippen molar-refractivity contribution in [2.75, 3.05) is 0 Å². The monoisotopic (exact) mass is 261 g/mol. The number of hydrogen-bond donors (Lipinski definition) is 0. The fourth-order valence-corrected chi connectivity index (χ4v) is 6.33. The minimum absolute atomic E-state index is 1.47. The summed E-state index contributed by atoms with van der Waals surface area (Å²) >= 11 is 0. The third kappa shape index (κ3) is 2.06. The summed E-state index contributed by atoms with van der Waals surface area (Å²) in [5, 5.41) is 4.41. The van der Waals surface area contributed by atoms with Gasteiger partial charge >= 0.3 is 0 Å². The summed E-state index contributed by atoms with van der Waals surface area (Å²) in [6.07, 6.45) is 0. The lowest BCUT2D eigenvalue weighted by atomic mass is 10.4. The van der Waals surface area contributed by atoms with Crippen LogP contribution in [0, 0.1) is 0 Å². The van der Waals surface area contributed by atoms with E-state index in [0.717, 1.165) is 0 Å². The zero-order chi connectivity index (χ0) is 13.1. The van der Waals surface area contributed by atoms with E-state index in [9.17, 15) is 0 Å². The van der Waals surface area contributed by atoms with Crippen LogP contribution in [0.5, 0.6) is 0 Å². The van der Waals surface area contributed by atoms with Crippen LogP contribution in [0.15, 0.2) is 84.9 Å². The molecule has 1 heteroatoms. The fraction of sp³-hybridized carbons (Fsp3) is 0.0556. The van der Waals surface area contributed by atoms with Crippen LogP contribution in [0.4, 0.5) is 0 Å². The molecule has 19 heavy (non-hydrogen) atoms. The first-order valence-corrected chi connectivity index (χ1v) is 9.15. The first-order valence-electron chi connectivity index (χ1n) is 6.65. The second kappa shape index (κ2) is 4.94. The van der Waals surface area contributed by atoms with Crippen LogP contribution in [-0.4, -0.2) is 8.07 Å². The van der Waals surface area contributed by atoms with Gasteiger partial charge in [0.05, 0.1) is 8.07 Å². The maximum absolute atomic E-state index is 2.44. The third-order valence-corrected chi connectivity index (χ3v) is 8.41. The normalized spacial score (nSPS) is 11.4. The predicted molar refractivity (Wildman–Crippen MR) is 85.4 cm³/mol. The summed E-state index contributed by atoms with van der Waals surface area (Å²) in [6, 6.07) is 30.7. The van der Waals surface area contributed by atoms with Gasteiger partial charge in [-0.1, -0.05) is 77.6 Å². The molecule has 0 heterocycles. The largest absolute Gasteiger partial charge is 0.214 e. The molecule has 0 bridgehead atoms. The van der Waals surface area contributed by atoms with Crippen molar-refractivity contribution in [3.8, 4) is 0 Å². The van der Waals surface area contributed by atoms with Gasteiger partial charge in [0.1, 0.15) is 0 Å². The minimum Gasteiger partial charge on any atom is -0.214 e. The second-order valence-corrected chi connectivity index (χ2v) is 9.01. The lowest BCUT2D eigenvalue weighted by molar-refractivity contribution is 1.69. The highest BCUT2D eigenvalue weighted by molar-refractivity contribution is 7.10. The second-order valence-electron chi connectivity index (χ2n) is 5.03. The van der Waals surface area contributed by atoms with Crippen molar-refractivity contribution in [3.63, 3.8) is 0 Å². The Balaban J connectivity index is 2.23. The standard InChI is InChI=1S/C18H17Si/c1-19(18-14-8-9-15-18,16-10-4-2-5-11-16)17-12-6-3-7-13-17/h2-15H,1H3/q-1. The molecule has 0 aromatic heterocycles. The Morgan fingerprint density at radius 3 is 1.47 bits per heavy atom. The maximum atomic E-state index is 2.44. The summed E-state index contributed by atoms with van der Waals surface area (Å²) in [4.78, 5) is 0. The Kier molecular flexibility index (Phi) is 3.14. The molecular weight excluding hydrogens is 244 g/mol. The van der Waals surface area contributed by atoms with E-state index in [0.29, 0.717) is 0 Å². The van der Waals surface area contributed by atoms with Crippen molar-refractivity contribution < 1.29 is 0 Å². The number of benzene rings is 2. The lowest BCUT2D eigenvalue weighted by Gasteiger charge is -2.32. The zero-order valence-electron chi connectivity index (χ0n) is 11.1. The van der Waals surface area contributed by atoms with Crippen LogP contribution >= 0.6 is 0 Å². The van der Waals surface area contributed by atoms with E-state index in [4.69, 9.17) is 0 Å². The molecule has 0 aliphatic heterocycles. The van der Waals surface area contributed by atoms with Gasteiger partial charge < -0.3 is 0 Å². The molecule has 0 unspecified atom stereocenters. The Labute approximate surface area is 115 Å². The molecule has 0 nitrogen and oxygen atoms in total. The fourth-order valence-electron chi connectivity index (χ4n) is 2.75. The maximum Gasteiger partial charge on any atom is 0.0886 e. The molecule has 0 saturated heterocycles. The summed E-state index contributed by atoms with van der Waals surface area (Å²) < 4.78 is 0. The number of hydrogen-bond acceptors (Lipinski definition) is 0. The quantitative estimate of drug-likeness (QED) is 0.502. The summed E-state index contributed by atoms with van der Waals surface area (Å²) in [5.74, 6) is 0. The number of rotatable bonds is 3. The average molecular weight is 261 g/mol. The SMILES string of the molecule is C[Si](c1ccccc1)(c1ccccc1)[c-]1cccc1. The average Bonchev–Trinajstić information content (AvgIpc) is 3.03. The summed E-state index contributed by atoms with van der Waals surface area (Å²) in [5.41, 5.74) is 0. The van der Waals surface area contributed by atoms with Gasteiger partial charge in [-0.05, 0) is 0 Å². The van der Waals surface area contributed by atoms with Gasteiger partial charge in [0.2, 0.25) is 0 Å². The Morgan fingerprint density at radius 1 is 0.632 bits per heavy atom. The Morgan fingerprint density at radius 2 is 1.05 bits per heavy atom. The molecule has 94 valence electrons. The molecule has 0 atom stereocenters. The molecule has 0 N–H and O–H groups in total. The first-order chi connectivity index (χ1) is 9.32. The highest BCUT2D eigenvalue weighted by atomic mass is 28.3. The van der Waals surface area contributed by atoms with Gasteiger partial charge in [0.25, 0.3) is 0 Å². The van der Waals surface area contributed by atoms with Gasteiger partial charge in [-0.2, -0.15) is 17.3 Å². The van der Waals surface area contributed by atoms with E-state index in [1.54, 1.807) is 0 Å².